The molecule has 1 aliphatic rings. The van der Waals surface area contributed by atoms with Crippen molar-refractivity contribution in [3.63, 3.8) is 0 Å². The lowest BCUT2D eigenvalue weighted by atomic mass is 10.2. The van der Waals surface area contributed by atoms with Gasteiger partial charge in [-0.3, -0.25) is 24.6 Å². The van der Waals surface area contributed by atoms with Gasteiger partial charge in [-0.15, -0.1) is 0 Å². The van der Waals surface area contributed by atoms with Crippen LogP contribution in [0.5, 0.6) is 0 Å². The van der Waals surface area contributed by atoms with Gasteiger partial charge in [0.05, 0.1) is 9.82 Å². The number of rotatable bonds is 5. The van der Waals surface area contributed by atoms with E-state index in [1.807, 2.05) is 0 Å². The summed E-state index contributed by atoms with van der Waals surface area (Å²) in [5.41, 5.74) is 0.308. The van der Waals surface area contributed by atoms with Gasteiger partial charge in [0.25, 0.3) is 21.6 Å². The Balaban J connectivity index is 1.69. The molecule has 0 fully saturated rings. The van der Waals surface area contributed by atoms with Crippen LogP contribution in [0.2, 0.25) is 0 Å². The first-order chi connectivity index (χ1) is 13.8. The molecule has 0 saturated carbocycles. The molecule has 0 aliphatic carbocycles. The maximum Gasteiger partial charge on any atom is 0.270 e. The fraction of sp³-hybridized carbons (Fsp3) is 0.263. The van der Waals surface area contributed by atoms with Crippen LogP contribution in [-0.4, -0.2) is 31.6 Å². The highest BCUT2D eigenvalue weighted by Gasteiger charge is 2.18. The summed E-state index contributed by atoms with van der Waals surface area (Å²) in [6.07, 6.45) is 3.46. The molecule has 0 bridgehead atoms. The molecule has 3 rings (SSSR count). The third kappa shape index (κ3) is 5.38. The van der Waals surface area contributed by atoms with Gasteiger partial charge in [-0.05, 0) is 43.2 Å². The van der Waals surface area contributed by atoms with Crippen LogP contribution < -0.4 is 10.0 Å². The molecule has 10 heteroatoms. The second kappa shape index (κ2) is 8.82. The van der Waals surface area contributed by atoms with Gasteiger partial charge in [-0.25, -0.2) is 8.42 Å². The minimum Gasteiger partial charge on any atom is -0.322 e. The Labute approximate surface area is 168 Å². The predicted molar refractivity (Wildman–Crippen MR) is 109 cm³/mol. The Morgan fingerprint density at radius 1 is 1.07 bits per heavy atom. The number of hydrogen-bond donors (Lipinski definition) is 2. The smallest absolute Gasteiger partial charge is 0.270 e. The van der Waals surface area contributed by atoms with Crippen LogP contribution in [0.25, 0.3) is 0 Å². The van der Waals surface area contributed by atoms with E-state index in [2.05, 4.69) is 15.0 Å². The van der Waals surface area contributed by atoms with Crippen molar-refractivity contribution in [2.24, 2.45) is 4.99 Å². The van der Waals surface area contributed by atoms with E-state index in [4.69, 9.17) is 0 Å². The van der Waals surface area contributed by atoms with E-state index in [9.17, 15) is 23.3 Å². The summed E-state index contributed by atoms with van der Waals surface area (Å²) in [4.78, 5) is 26.9. The van der Waals surface area contributed by atoms with Crippen LogP contribution in [0, 0.1) is 10.1 Å². The Morgan fingerprint density at radius 3 is 2.55 bits per heavy atom. The molecule has 1 amide bonds. The average molecular weight is 416 g/mol. The van der Waals surface area contributed by atoms with Gasteiger partial charge in [0.15, 0.2) is 0 Å². The number of nitro groups is 1. The highest BCUT2D eigenvalue weighted by atomic mass is 32.2. The number of amidine groups is 1. The predicted octanol–water partition coefficient (Wildman–Crippen LogP) is 3.10. The Morgan fingerprint density at radius 2 is 1.83 bits per heavy atom. The van der Waals surface area contributed by atoms with E-state index in [1.165, 1.54) is 48.5 Å². The number of amides is 1. The van der Waals surface area contributed by atoms with Crippen LogP contribution in [0.15, 0.2) is 58.4 Å². The van der Waals surface area contributed by atoms with E-state index in [0.29, 0.717) is 24.5 Å². The van der Waals surface area contributed by atoms with E-state index >= 15 is 0 Å². The number of nitro benzene ring substituents is 1. The lowest BCUT2D eigenvalue weighted by Crippen LogP contribution is -2.30. The molecule has 152 valence electrons. The molecule has 9 nitrogen and oxygen atoms in total. The van der Waals surface area contributed by atoms with Crippen LogP contribution in [0.4, 0.5) is 11.4 Å². The van der Waals surface area contributed by atoms with Crippen molar-refractivity contribution < 1.29 is 18.1 Å². The quantitative estimate of drug-likeness (QED) is 0.571. The molecule has 1 heterocycles. The number of carbonyl (C=O) groups excluding carboxylic acids is 1. The van der Waals surface area contributed by atoms with Crippen molar-refractivity contribution in [1.29, 1.82) is 0 Å². The zero-order chi connectivity index (χ0) is 20.9. The fourth-order valence-corrected chi connectivity index (χ4v) is 3.94. The number of carbonyl (C=O) groups is 1. The highest BCUT2D eigenvalue weighted by molar-refractivity contribution is 7.90. The molecular formula is C19H20N4O5S. The van der Waals surface area contributed by atoms with E-state index < -0.39 is 20.9 Å². The molecule has 0 saturated heterocycles. The highest BCUT2D eigenvalue weighted by Crippen LogP contribution is 2.18. The van der Waals surface area contributed by atoms with E-state index in [-0.39, 0.29) is 16.1 Å². The standard InChI is InChI=1S/C19H20N4O5S/c24-19(14-5-4-6-16(13-14)23(25)26)21-15-8-10-17(11-9-15)29(27,28)22-18-7-2-1-3-12-20-18/h4-6,8-11,13H,1-3,7,12H2,(H,20,22)(H,21,24). The summed E-state index contributed by atoms with van der Waals surface area (Å²) in [5.74, 6) is -0.0687. The lowest BCUT2D eigenvalue weighted by molar-refractivity contribution is -0.384. The number of nitrogens with one attached hydrogen (secondary N) is 2. The monoisotopic (exact) mass is 416 g/mol. The zero-order valence-electron chi connectivity index (χ0n) is 15.5. The summed E-state index contributed by atoms with van der Waals surface area (Å²) in [6, 6.07) is 11.0. The maximum absolute atomic E-state index is 12.5. The first kappa shape index (κ1) is 20.5. The second-order valence-corrected chi connectivity index (χ2v) is 8.21. The SMILES string of the molecule is O=C(Nc1ccc(S(=O)(=O)NC2=NCCCCC2)cc1)c1cccc([N+](=O)[O-])c1. The summed E-state index contributed by atoms with van der Waals surface area (Å²) in [7, 11) is -3.76. The van der Waals surface area contributed by atoms with Crippen molar-refractivity contribution in [1.82, 2.24) is 4.72 Å². The Hall–Kier alpha value is -3.27. The third-order valence-corrected chi connectivity index (χ3v) is 5.77. The molecule has 0 radical (unpaired) electrons. The summed E-state index contributed by atoms with van der Waals surface area (Å²) >= 11 is 0. The Kier molecular flexibility index (Phi) is 6.23. The number of sulfonamides is 1. The number of aliphatic imine (C=N–C) groups is 1. The summed E-state index contributed by atoms with van der Waals surface area (Å²) in [5, 5.41) is 13.4. The van der Waals surface area contributed by atoms with Crippen molar-refractivity contribution in [2.75, 3.05) is 11.9 Å². The molecular weight excluding hydrogens is 396 g/mol. The van der Waals surface area contributed by atoms with Gasteiger partial charge >= 0.3 is 0 Å². The molecule has 2 aromatic carbocycles. The molecule has 0 unspecified atom stereocenters. The number of benzene rings is 2. The topological polar surface area (TPSA) is 131 Å². The molecule has 0 aromatic heterocycles. The summed E-state index contributed by atoms with van der Waals surface area (Å²) in [6.45, 7) is 0.612. The third-order valence-electron chi connectivity index (χ3n) is 4.37. The van der Waals surface area contributed by atoms with E-state index in [1.54, 1.807) is 0 Å². The van der Waals surface area contributed by atoms with E-state index in [0.717, 1.165) is 19.3 Å². The molecule has 0 spiro atoms. The Bertz CT molecular complexity index is 1050. The first-order valence-electron chi connectivity index (χ1n) is 9.07. The van der Waals surface area contributed by atoms with Gasteiger partial charge in [0, 0.05) is 36.3 Å². The molecule has 2 N–H and O–H groups in total. The van der Waals surface area contributed by atoms with Gasteiger partial charge in [-0.2, -0.15) is 0 Å². The number of non-ortho nitro benzene ring substituents is 1. The molecule has 1 aliphatic heterocycles. The average Bonchev–Trinajstić information content (AvgIpc) is 2.96. The van der Waals surface area contributed by atoms with Crippen LogP contribution in [0.1, 0.15) is 36.0 Å². The minimum atomic E-state index is -3.76. The van der Waals surface area contributed by atoms with Gasteiger partial charge in [-0.1, -0.05) is 12.5 Å². The number of anilines is 1. The summed E-state index contributed by atoms with van der Waals surface area (Å²) < 4.78 is 27.6. The maximum atomic E-state index is 12.5. The largest absolute Gasteiger partial charge is 0.322 e. The van der Waals surface area contributed by atoms with Gasteiger partial charge < -0.3 is 5.32 Å². The minimum absolute atomic E-state index is 0.0535. The van der Waals surface area contributed by atoms with Crippen LogP contribution >= 0.6 is 0 Å². The lowest BCUT2D eigenvalue weighted by Gasteiger charge is -2.10. The molecule has 29 heavy (non-hydrogen) atoms. The first-order valence-corrected chi connectivity index (χ1v) is 10.6. The fourth-order valence-electron chi connectivity index (χ4n) is 2.85. The molecule has 2 aromatic rings. The normalized spacial score (nSPS) is 14.4. The van der Waals surface area contributed by atoms with Crippen molar-refractivity contribution >= 4 is 33.1 Å². The molecule has 0 atom stereocenters. The second-order valence-electron chi connectivity index (χ2n) is 6.53. The van der Waals surface area contributed by atoms with Crippen LogP contribution in [0.3, 0.4) is 0 Å². The van der Waals surface area contributed by atoms with Gasteiger partial charge in [0.2, 0.25) is 0 Å². The van der Waals surface area contributed by atoms with Gasteiger partial charge in [0.1, 0.15) is 5.84 Å². The number of nitrogens with zero attached hydrogens (tertiary/aromatic N) is 2. The van der Waals surface area contributed by atoms with Crippen molar-refractivity contribution in [2.45, 2.75) is 30.6 Å². The van der Waals surface area contributed by atoms with Crippen molar-refractivity contribution in [3.8, 4) is 0 Å². The van der Waals surface area contributed by atoms with Crippen molar-refractivity contribution in [3.05, 3.63) is 64.2 Å². The van der Waals surface area contributed by atoms with Crippen LogP contribution in [-0.2, 0) is 10.0 Å². The number of hydrogen-bond acceptors (Lipinski definition) is 6. The zero-order valence-corrected chi connectivity index (χ0v) is 16.3.